The molecule has 1 heterocycles. The number of rotatable bonds is 3. The van der Waals surface area contributed by atoms with Crippen LogP contribution in [-0.4, -0.2) is 40.6 Å². The summed E-state index contributed by atoms with van der Waals surface area (Å²) in [6.45, 7) is 7.81. The van der Waals surface area contributed by atoms with Gasteiger partial charge in [0.05, 0.1) is 11.4 Å². The molecule has 0 aliphatic rings. The van der Waals surface area contributed by atoms with Gasteiger partial charge < -0.3 is 10.2 Å². The first-order valence-corrected chi connectivity index (χ1v) is 6.58. The van der Waals surface area contributed by atoms with E-state index >= 15 is 0 Å². The van der Waals surface area contributed by atoms with Crippen LogP contribution in [0.15, 0.2) is 0 Å². The molecule has 0 bridgehead atoms. The van der Waals surface area contributed by atoms with E-state index in [-0.39, 0.29) is 22.9 Å². The molecule has 20 heavy (non-hydrogen) atoms. The van der Waals surface area contributed by atoms with Crippen LogP contribution in [-0.2, 0) is 11.8 Å². The molecule has 1 rings (SSSR count). The predicted octanol–water partition coefficient (Wildman–Crippen LogP) is 1.81. The van der Waals surface area contributed by atoms with Gasteiger partial charge in [0.2, 0.25) is 5.91 Å². The van der Waals surface area contributed by atoms with Crippen LogP contribution in [0.25, 0.3) is 0 Å². The highest BCUT2D eigenvalue weighted by Gasteiger charge is 2.24. The normalized spacial score (nSPS) is 11.3. The minimum absolute atomic E-state index is 0.105. The first-order chi connectivity index (χ1) is 9.03. The van der Waals surface area contributed by atoms with Gasteiger partial charge >= 0.3 is 0 Å². The van der Waals surface area contributed by atoms with Gasteiger partial charge in [-0.25, -0.2) is 0 Å². The van der Waals surface area contributed by atoms with E-state index in [1.165, 1.54) is 4.90 Å². The van der Waals surface area contributed by atoms with E-state index in [0.29, 0.717) is 12.1 Å². The predicted molar refractivity (Wildman–Crippen MR) is 78.7 cm³/mol. The van der Waals surface area contributed by atoms with Crippen molar-refractivity contribution in [2.24, 2.45) is 12.5 Å². The largest absolute Gasteiger partial charge is 0.343 e. The summed E-state index contributed by atoms with van der Waals surface area (Å²) in [6, 6.07) is 0. The highest BCUT2D eigenvalue weighted by molar-refractivity contribution is 6.02. The second kappa shape index (κ2) is 5.64. The van der Waals surface area contributed by atoms with E-state index in [1.54, 1.807) is 25.8 Å². The fourth-order valence-electron chi connectivity index (χ4n) is 1.78. The van der Waals surface area contributed by atoms with Gasteiger partial charge in [0.25, 0.3) is 5.91 Å². The smallest absolute Gasteiger partial charge is 0.276 e. The number of carbonyl (C=O) groups excluding carboxylic acids is 2. The molecule has 0 spiro atoms. The van der Waals surface area contributed by atoms with Gasteiger partial charge in [-0.2, -0.15) is 5.10 Å². The van der Waals surface area contributed by atoms with Crippen molar-refractivity contribution in [3.05, 3.63) is 11.4 Å². The summed E-state index contributed by atoms with van der Waals surface area (Å²) in [7, 11) is 5.07. The highest BCUT2D eigenvalue weighted by Crippen LogP contribution is 2.24. The Morgan fingerprint density at radius 3 is 2.30 bits per heavy atom. The van der Waals surface area contributed by atoms with E-state index in [9.17, 15) is 9.59 Å². The molecule has 1 aromatic rings. The van der Waals surface area contributed by atoms with E-state index in [1.807, 2.05) is 27.7 Å². The molecule has 0 aromatic carbocycles. The standard InChI is InChI=1S/C14H24N4O2/c1-9-11(15-10(19)8-14(2,3)4)12(16-18(9)7)13(20)17(5)6/h8H2,1-7H3,(H,15,19). The molecule has 0 aliphatic carbocycles. The lowest BCUT2D eigenvalue weighted by Gasteiger charge is -2.17. The van der Waals surface area contributed by atoms with Crippen LogP contribution in [0.5, 0.6) is 0 Å². The average Bonchev–Trinajstić information content (AvgIpc) is 2.53. The fourth-order valence-corrected chi connectivity index (χ4v) is 1.78. The van der Waals surface area contributed by atoms with Gasteiger partial charge in [-0.1, -0.05) is 20.8 Å². The topological polar surface area (TPSA) is 67.2 Å². The molecule has 1 N–H and O–H groups in total. The van der Waals surface area contributed by atoms with E-state index in [0.717, 1.165) is 5.69 Å². The fraction of sp³-hybridized carbons (Fsp3) is 0.643. The Morgan fingerprint density at radius 2 is 1.85 bits per heavy atom. The molecular weight excluding hydrogens is 256 g/mol. The summed E-state index contributed by atoms with van der Waals surface area (Å²) in [6.07, 6.45) is 0.386. The SMILES string of the molecule is Cc1c(NC(=O)CC(C)(C)C)c(C(=O)N(C)C)nn1C. The first-order valence-electron chi connectivity index (χ1n) is 6.58. The van der Waals surface area contributed by atoms with Gasteiger partial charge in [-0.15, -0.1) is 0 Å². The molecule has 0 saturated heterocycles. The molecule has 0 fully saturated rings. The van der Waals surface area contributed by atoms with Crippen molar-refractivity contribution in [1.29, 1.82) is 0 Å². The maximum atomic E-state index is 12.1. The van der Waals surface area contributed by atoms with Crippen molar-refractivity contribution in [3.63, 3.8) is 0 Å². The molecule has 1 aromatic heterocycles. The summed E-state index contributed by atoms with van der Waals surface area (Å²) in [4.78, 5) is 25.6. The monoisotopic (exact) mass is 280 g/mol. The Morgan fingerprint density at radius 1 is 1.30 bits per heavy atom. The zero-order valence-electron chi connectivity index (χ0n) is 13.4. The number of aryl methyl sites for hydroxylation is 1. The minimum Gasteiger partial charge on any atom is -0.343 e. The van der Waals surface area contributed by atoms with E-state index < -0.39 is 0 Å². The molecule has 2 amide bonds. The van der Waals surface area contributed by atoms with Gasteiger partial charge in [-0.05, 0) is 12.3 Å². The van der Waals surface area contributed by atoms with Crippen molar-refractivity contribution in [2.45, 2.75) is 34.1 Å². The molecule has 6 heteroatoms. The highest BCUT2D eigenvalue weighted by atomic mass is 16.2. The second-order valence-corrected chi connectivity index (χ2v) is 6.42. The maximum absolute atomic E-state index is 12.1. The van der Waals surface area contributed by atoms with Crippen molar-refractivity contribution in [2.75, 3.05) is 19.4 Å². The number of amides is 2. The van der Waals surface area contributed by atoms with Crippen LogP contribution in [0.3, 0.4) is 0 Å². The lowest BCUT2D eigenvalue weighted by Crippen LogP contribution is -2.25. The number of nitrogens with zero attached hydrogens (tertiary/aromatic N) is 3. The Kier molecular flexibility index (Phi) is 4.57. The van der Waals surface area contributed by atoms with Gasteiger partial charge in [0.15, 0.2) is 5.69 Å². The second-order valence-electron chi connectivity index (χ2n) is 6.42. The summed E-state index contributed by atoms with van der Waals surface area (Å²) in [5.41, 5.74) is 1.43. The molecule has 0 atom stereocenters. The molecular formula is C14H24N4O2. The van der Waals surface area contributed by atoms with Crippen molar-refractivity contribution in [1.82, 2.24) is 14.7 Å². The molecule has 112 valence electrons. The van der Waals surface area contributed by atoms with Crippen molar-refractivity contribution >= 4 is 17.5 Å². The molecule has 6 nitrogen and oxygen atoms in total. The number of hydrogen-bond donors (Lipinski definition) is 1. The van der Waals surface area contributed by atoms with Crippen molar-refractivity contribution in [3.8, 4) is 0 Å². The Labute approximate surface area is 120 Å². The molecule has 0 saturated carbocycles. The van der Waals surface area contributed by atoms with Crippen LogP contribution in [0.1, 0.15) is 43.4 Å². The summed E-state index contributed by atoms with van der Waals surface area (Å²) >= 11 is 0. The summed E-state index contributed by atoms with van der Waals surface area (Å²) in [5, 5.41) is 7.01. The number of hydrogen-bond acceptors (Lipinski definition) is 3. The lowest BCUT2D eigenvalue weighted by atomic mass is 9.92. The zero-order valence-corrected chi connectivity index (χ0v) is 13.4. The quantitative estimate of drug-likeness (QED) is 0.918. The Bertz CT molecular complexity index is 524. The molecule has 0 unspecified atom stereocenters. The van der Waals surface area contributed by atoms with Crippen LogP contribution >= 0.6 is 0 Å². The van der Waals surface area contributed by atoms with Gasteiger partial charge in [-0.3, -0.25) is 14.3 Å². The van der Waals surface area contributed by atoms with E-state index in [2.05, 4.69) is 10.4 Å². The Balaban J connectivity index is 3.06. The van der Waals surface area contributed by atoms with Crippen LogP contribution in [0.2, 0.25) is 0 Å². The molecule has 0 aliphatic heterocycles. The van der Waals surface area contributed by atoms with Crippen LogP contribution in [0, 0.1) is 12.3 Å². The third-order valence-corrected chi connectivity index (χ3v) is 2.90. The third kappa shape index (κ3) is 3.82. The van der Waals surface area contributed by atoms with Crippen molar-refractivity contribution < 1.29 is 9.59 Å². The summed E-state index contributed by atoms with van der Waals surface area (Å²) in [5.74, 6) is -0.332. The first kappa shape index (κ1) is 16.2. The average molecular weight is 280 g/mol. The van der Waals surface area contributed by atoms with E-state index in [4.69, 9.17) is 0 Å². The minimum atomic E-state index is -0.222. The maximum Gasteiger partial charge on any atom is 0.276 e. The number of aromatic nitrogens is 2. The summed E-state index contributed by atoms with van der Waals surface area (Å²) < 4.78 is 1.60. The van der Waals surface area contributed by atoms with Gasteiger partial charge in [0, 0.05) is 27.6 Å². The number of nitrogens with one attached hydrogen (secondary N) is 1. The third-order valence-electron chi connectivity index (χ3n) is 2.90. The van der Waals surface area contributed by atoms with Crippen LogP contribution < -0.4 is 5.32 Å². The van der Waals surface area contributed by atoms with Crippen LogP contribution in [0.4, 0.5) is 5.69 Å². The van der Waals surface area contributed by atoms with Gasteiger partial charge in [0.1, 0.15) is 0 Å². The molecule has 0 radical (unpaired) electrons. The Hall–Kier alpha value is -1.85. The zero-order chi connectivity index (χ0) is 15.7. The number of carbonyl (C=O) groups is 2. The number of anilines is 1. The lowest BCUT2D eigenvalue weighted by molar-refractivity contribution is -0.117.